The van der Waals surface area contributed by atoms with Crippen LogP contribution in [0, 0.1) is 5.92 Å². The van der Waals surface area contributed by atoms with Gasteiger partial charge in [-0.15, -0.1) is 0 Å². The summed E-state index contributed by atoms with van der Waals surface area (Å²) < 4.78 is 2.77. The van der Waals surface area contributed by atoms with Gasteiger partial charge in [0.25, 0.3) is 5.56 Å². The highest BCUT2D eigenvalue weighted by Crippen LogP contribution is 2.18. The lowest BCUT2D eigenvalue weighted by Gasteiger charge is -2.30. The first-order valence-electron chi connectivity index (χ1n) is 10.5. The summed E-state index contributed by atoms with van der Waals surface area (Å²) in [7, 11) is 0. The second-order valence-electron chi connectivity index (χ2n) is 8.50. The molecule has 0 amide bonds. The molecule has 4 rings (SSSR count). The van der Waals surface area contributed by atoms with Crippen molar-refractivity contribution in [3.8, 4) is 0 Å². The Hall–Kier alpha value is -2.77. The van der Waals surface area contributed by atoms with Crippen LogP contribution in [0.3, 0.4) is 0 Å². The largest absolute Gasteiger partial charge is 0.390 e. The van der Waals surface area contributed by atoms with Gasteiger partial charge >= 0.3 is 5.69 Å². The van der Waals surface area contributed by atoms with Crippen LogP contribution >= 0.6 is 0 Å². The maximum absolute atomic E-state index is 13.1. The van der Waals surface area contributed by atoms with Crippen LogP contribution in [0.25, 0.3) is 10.9 Å². The minimum absolute atomic E-state index is 0.0217. The Labute approximate surface area is 175 Å². The number of benzene rings is 1. The van der Waals surface area contributed by atoms with E-state index in [-0.39, 0.29) is 18.0 Å². The molecule has 0 radical (unpaired) electrons. The summed E-state index contributed by atoms with van der Waals surface area (Å²) in [5, 5.41) is 11.2. The van der Waals surface area contributed by atoms with Gasteiger partial charge < -0.3 is 5.11 Å². The first-order chi connectivity index (χ1) is 14.4. The molecule has 158 valence electrons. The van der Waals surface area contributed by atoms with E-state index in [2.05, 4.69) is 22.0 Å². The summed E-state index contributed by atoms with van der Waals surface area (Å²) in [6.45, 7) is 6.54. The molecule has 1 atom stereocenters. The lowest BCUT2D eigenvalue weighted by atomic mass is 10.00. The molecule has 1 aliphatic rings. The zero-order valence-electron chi connectivity index (χ0n) is 17.5. The number of fused-ring (bicyclic) bond motifs is 2. The number of nitrogens with zero attached hydrogens (tertiary/aromatic N) is 4. The Morgan fingerprint density at radius 3 is 2.57 bits per heavy atom. The number of rotatable bonds is 6. The van der Waals surface area contributed by atoms with Crippen LogP contribution in [-0.2, 0) is 26.1 Å². The molecule has 3 aromatic rings. The fourth-order valence-electron chi connectivity index (χ4n) is 4.24. The average molecular weight is 409 g/mol. The highest BCUT2D eigenvalue weighted by Gasteiger charge is 2.21. The van der Waals surface area contributed by atoms with E-state index >= 15 is 0 Å². The molecule has 7 nitrogen and oxygen atoms in total. The number of β-amino-alcohol motifs (C(OH)–C–C–N with tert-alkyl or cyclic N) is 1. The standard InChI is InChI=1S/C23H28N4O3/c1-16(2)12-26-21-11-24-9-7-20(21)22(29)27(23(26)30)15-19(28)14-25-10-8-17-5-3-4-6-18(17)13-25/h3-7,9,11,16,19,28H,8,10,12-15H2,1-2H3/t19-/m1/s1. The van der Waals surface area contributed by atoms with Crippen LogP contribution in [0.5, 0.6) is 0 Å². The SMILES string of the molecule is CC(C)Cn1c(=O)n(C[C@H](O)CN2CCc3ccccc3C2)c(=O)c2ccncc21. The molecule has 1 aromatic carbocycles. The minimum atomic E-state index is -0.813. The molecule has 0 spiro atoms. The van der Waals surface area contributed by atoms with Crippen LogP contribution in [0.4, 0.5) is 0 Å². The average Bonchev–Trinajstić information content (AvgIpc) is 2.74. The quantitative estimate of drug-likeness (QED) is 0.671. The van der Waals surface area contributed by atoms with Crippen molar-refractivity contribution in [3.05, 3.63) is 74.7 Å². The number of aliphatic hydroxyl groups excluding tert-OH is 1. The number of hydrogen-bond donors (Lipinski definition) is 1. The number of hydrogen-bond acceptors (Lipinski definition) is 5. The van der Waals surface area contributed by atoms with E-state index in [1.807, 2.05) is 26.0 Å². The fourth-order valence-corrected chi connectivity index (χ4v) is 4.24. The van der Waals surface area contributed by atoms with Gasteiger partial charge in [-0.1, -0.05) is 38.1 Å². The zero-order chi connectivity index (χ0) is 21.3. The summed E-state index contributed by atoms with van der Waals surface area (Å²) in [6, 6.07) is 9.97. The Bertz CT molecular complexity index is 1170. The molecule has 30 heavy (non-hydrogen) atoms. The fraction of sp³-hybridized carbons (Fsp3) is 0.435. The topological polar surface area (TPSA) is 80.4 Å². The van der Waals surface area contributed by atoms with Gasteiger partial charge in [0, 0.05) is 32.4 Å². The molecule has 0 fully saturated rings. The Morgan fingerprint density at radius 2 is 1.80 bits per heavy atom. The van der Waals surface area contributed by atoms with Gasteiger partial charge in [0.1, 0.15) is 0 Å². The second-order valence-corrected chi connectivity index (χ2v) is 8.50. The Balaban J connectivity index is 1.59. The van der Waals surface area contributed by atoms with Crippen molar-refractivity contribution < 1.29 is 5.11 Å². The smallest absolute Gasteiger partial charge is 0.331 e. The van der Waals surface area contributed by atoms with Crippen molar-refractivity contribution in [2.45, 2.75) is 46.0 Å². The highest BCUT2D eigenvalue weighted by molar-refractivity contribution is 5.76. The van der Waals surface area contributed by atoms with Crippen LogP contribution in [0.15, 0.2) is 52.3 Å². The molecule has 0 saturated heterocycles. The zero-order valence-corrected chi connectivity index (χ0v) is 17.5. The van der Waals surface area contributed by atoms with Gasteiger partial charge in [0.2, 0.25) is 0 Å². The molecule has 7 heteroatoms. The summed E-state index contributed by atoms with van der Waals surface area (Å²) in [4.78, 5) is 32.3. The summed E-state index contributed by atoms with van der Waals surface area (Å²) in [5.74, 6) is 0.232. The van der Waals surface area contributed by atoms with Crippen molar-refractivity contribution in [3.63, 3.8) is 0 Å². The molecular weight excluding hydrogens is 380 g/mol. The maximum Gasteiger partial charge on any atom is 0.331 e. The van der Waals surface area contributed by atoms with Gasteiger partial charge in [-0.05, 0) is 29.5 Å². The van der Waals surface area contributed by atoms with Gasteiger partial charge in [0.15, 0.2) is 0 Å². The Kier molecular flexibility index (Phi) is 5.83. The molecule has 0 saturated carbocycles. The van der Waals surface area contributed by atoms with E-state index in [4.69, 9.17) is 0 Å². The predicted octanol–water partition coefficient (Wildman–Crippen LogP) is 1.63. The summed E-state index contributed by atoms with van der Waals surface area (Å²) in [5.41, 5.74) is 2.39. The predicted molar refractivity (Wildman–Crippen MR) is 117 cm³/mol. The van der Waals surface area contributed by atoms with E-state index in [0.29, 0.717) is 24.0 Å². The normalized spacial score (nSPS) is 15.5. The van der Waals surface area contributed by atoms with E-state index in [1.54, 1.807) is 23.0 Å². The monoisotopic (exact) mass is 408 g/mol. The molecule has 1 aliphatic heterocycles. The molecule has 1 N–H and O–H groups in total. The van der Waals surface area contributed by atoms with E-state index in [9.17, 15) is 14.7 Å². The highest BCUT2D eigenvalue weighted by atomic mass is 16.3. The van der Waals surface area contributed by atoms with Gasteiger partial charge in [-0.25, -0.2) is 4.79 Å². The van der Waals surface area contributed by atoms with Gasteiger partial charge in [-0.2, -0.15) is 0 Å². The van der Waals surface area contributed by atoms with Gasteiger partial charge in [-0.3, -0.25) is 23.8 Å². The number of aliphatic hydroxyl groups is 1. The first-order valence-corrected chi connectivity index (χ1v) is 10.5. The molecular formula is C23H28N4O3. The molecule has 2 aromatic heterocycles. The summed E-state index contributed by atoms with van der Waals surface area (Å²) in [6.07, 6.45) is 3.24. The third-order valence-electron chi connectivity index (χ3n) is 5.65. The van der Waals surface area contributed by atoms with Gasteiger partial charge in [0.05, 0.1) is 29.7 Å². The molecule has 3 heterocycles. The summed E-state index contributed by atoms with van der Waals surface area (Å²) >= 11 is 0. The van der Waals surface area contributed by atoms with Crippen molar-refractivity contribution in [1.82, 2.24) is 19.0 Å². The van der Waals surface area contributed by atoms with Crippen molar-refractivity contribution in [1.29, 1.82) is 0 Å². The number of pyridine rings is 1. The lowest BCUT2D eigenvalue weighted by Crippen LogP contribution is -2.45. The number of aromatic nitrogens is 3. The third-order valence-corrected chi connectivity index (χ3v) is 5.65. The van der Waals surface area contributed by atoms with Crippen molar-refractivity contribution in [2.24, 2.45) is 5.92 Å². The molecule has 0 aliphatic carbocycles. The first kappa shape index (κ1) is 20.5. The van der Waals surface area contributed by atoms with E-state index < -0.39 is 11.8 Å². The van der Waals surface area contributed by atoms with Crippen molar-refractivity contribution in [2.75, 3.05) is 13.1 Å². The van der Waals surface area contributed by atoms with E-state index in [1.165, 1.54) is 15.7 Å². The van der Waals surface area contributed by atoms with E-state index in [0.717, 1.165) is 19.5 Å². The molecule has 0 bridgehead atoms. The minimum Gasteiger partial charge on any atom is -0.390 e. The lowest BCUT2D eigenvalue weighted by molar-refractivity contribution is 0.0896. The Morgan fingerprint density at radius 1 is 1.03 bits per heavy atom. The molecule has 0 unspecified atom stereocenters. The van der Waals surface area contributed by atoms with Crippen LogP contribution in [0.2, 0.25) is 0 Å². The third kappa shape index (κ3) is 4.08. The van der Waals surface area contributed by atoms with Crippen LogP contribution in [-0.4, -0.2) is 43.3 Å². The van der Waals surface area contributed by atoms with Crippen LogP contribution < -0.4 is 11.2 Å². The second kappa shape index (κ2) is 8.53. The van der Waals surface area contributed by atoms with Crippen molar-refractivity contribution >= 4 is 10.9 Å². The van der Waals surface area contributed by atoms with Crippen LogP contribution in [0.1, 0.15) is 25.0 Å². The maximum atomic E-state index is 13.1.